The van der Waals surface area contributed by atoms with E-state index in [0.717, 1.165) is 16.2 Å². The van der Waals surface area contributed by atoms with Crippen molar-refractivity contribution in [2.45, 2.75) is 18.8 Å². The molecule has 6 nitrogen and oxygen atoms in total. The third-order valence-electron chi connectivity index (χ3n) is 2.75. The molecule has 110 valence electrons. The van der Waals surface area contributed by atoms with Crippen molar-refractivity contribution in [1.29, 1.82) is 0 Å². The van der Waals surface area contributed by atoms with Crippen molar-refractivity contribution >= 4 is 23.2 Å². The number of hydrogen-bond acceptors (Lipinski definition) is 5. The second-order valence-corrected chi connectivity index (χ2v) is 5.32. The standard InChI is InChI=1S/C10H10F3N3O3S/c11-10(12,13)6-2-14-7(17)4-16(6)3-5-1-15-8(20-5)9(18)19/h1,6H,2-4H2,(H,14,17)(H,18,19). The molecular formula is C10H10F3N3O3S. The normalized spacial score (nSPS) is 20.8. The number of carbonyl (C=O) groups excluding carboxylic acids is 1. The lowest BCUT2D eigenvalue weighted by atomic mass is 10.2. The molecule has 0 bridgehead atoms. The Morgan fingerprint density at radius 3 is 2.85 bits per heavy atom. The van der Waals surface area contributed by atoms with Gasteiger partial charge in [0.05, 0.1) is 6.54 Å². The highest BCUT2D eigenvalue weighted by Gasteiger charge is 2.46. The van der Waals surface area contributed by atoms with E-state index in [4.69, 9.17) is 5.11 Å². The third-order valence-corrected chi connectivity index (χ3v) is 3.72. The SMILES string of the molecule is O=C1CN(Cc2cnc(C(=O)O)s2)C(C(F)(F)F)CN1. The van der Waals surface area contributed by atoms with E-state index in [9.17, 15) is 22.8 Å². The van der Waals surface area contributed by atoms with Crippen LogP contribution in [0.3, 0.4) is 0 Å². The summed E-state index contributed by atoms with van der Waals surface area (Å²) in [5.74, 6) is -1.72. The van der Waals surface area contributed by atoms with E-state index in [2.05, 4.69) is 10.3 Å². The molecule has 2 heterocycles. The fourth-order valence-electron chi connectivity index (χ4n) is 1.86. The van der Waals surface area contributed by atoms with Crippen LogP contribution in [0.2, 0.25) is 0 Å². The smallest absolute Gasteiger partial charge is 0.405 e. The summed E-state index contributed by atoms with van der Waals surface area (Å²) in [4.78, 5) is 26.8. The number of aromatic carboxylic acids is 1. The molecule has 1 aromatic rings. The van der Waals surface area contributed by atoms with Gasteiger partial charge in [-0.25, -0.2) is 9.78 Å². The van der Waals surface area contributed by atoms with Gasteiger partial charge in [-0.3, -0.25) is 9.69 Å². The maximum atomic E-state index is 12.9. The zero-order valence-electron chi connectivity index (χ0n) is 9.98. The first-order valence-corrected chi connectivity index (χ1v) is 6.34. The summed E-state index contributed by atoms with van der Waals surface area (Å²) in [7, 11) is 0. The Kier molecular flexibility index (Phi) is 3.95. The van der Waals surface area contributed by atoms with Crippen LogP contribution in [0.4, 0.5) is 13.2 Å². The van der Waals surface area contributed by atoms with Crippen LogP contribution in [-0.2, 0) is 11.3 Å². The highest BCUT2D eigenvalue weighted by atomic mass is 32.1. The minimum absolute atomic E-state index is 0.164. The molecule has 1 fully saturated rings. The van der Waals surface area contributed by atoms with Gasteiger partial charge in [-0.15, -0.1) is 11.3 Å². The quantitative estimate of drug-likeness (QED) is 0.859. The van der Waals surface area contributed by atoms with Crippen molar-refractivity contribution in [3.8, 4) is 0 Å². The molecule has 10 heteroatoms. The number of halogens is 3. The van der Waals surface area contributed by atoms with Crippen LogP contribution in [0.5, 0.6) is 0 Å². The molecule has 2 N–H and O–H groups in total. The molecule has 1 aliphatic rings. The monoisotopic (exact) mass is 309 g/mol. The number of piperazine rings is 1. The lowest BCUT2D eigenvalue weighted by molar-refractivity contribution is -0.190. The molecular weight excluding hydrogens is 299 g/mol. The topological polar surface area (TPSA) is 82.5 Å². The molecule has 1 aromatic heterocycles. The molecule has 0 aromatic carbocycles. The number of rotatable bonds is 3. The van der Waals surface area contributed by atoms with E-state index in [1.807, 2.05) is 0 Å². The first kappa shape index (κ1) is 14.7. The fraction of sp³-hybridized carbons (Fsp3) is 0.500. The minimum atomic E-state index is -4.46. The van der Waals surface area contributed by atoms with E-state index >= 15 is 0 Å². The van der Waals surface area contributed by atoms with Gasteiger partial charge in [0, 0.05) is 24.2 Å². The summed E-state index contributed by atoms with van der Waals surface area (Å²) in [5.41, 5.74) is 0. The maximum Gasteiger partial charge on any atom is 0.405 e. The second kappa shape index (κ2) is 5.37. The molecule has 0 aliphatic carbocycles. The molecule has 0 saturated carbocycles. The number of aromatic nitrogens is 1. The average Bonchev–Trinajstić information content (AvgIpc) is 2.76. The Morgan fingerprint density at radius 2 is 2.30 bits per heavy atom. The number of alkyl halides is 3. The van der Waals surface area contributed by atoms with Gasteiger partial charge in [0.15, 0.2) is 0 Å². The number of nitrogens with zero attached hydrogens (tertiary/aromatic N) is 2. The molecule has 1 atom stereocenters. The van der Waals surface area contributed by atoms with Crippen molar-refractivity contribution in [1.82, 2.24) is 15.2 Å². The van der Waals surface area contributed by atoms with Gasteiger partial charge < -0.3 is 10.4 Å². The lowest BCUT2D eigenvalue weighted by Gasteiger charge is -2.35. The minimum Gasteiger partial charge on any atom is -0.476 e. The van der Waals surface area contributed by atoms with Gasteiger partial charge in [-0.05, 0) is 0 Å². The van der Waals surface area contributed by atoms with Crippen LogP contribution in [0.25, 0.3) is 0 Å². The molecule has 1 saturated heterocycles. The summed E-state index contributed by atoms with van der Waals surface area (Å²) >= 11 is 0.797. The van der Waals surface area contributed by atoms with Crippen molar-refractivity contribution in [2.24, 2.45) is 0 Å². The van der Waals surface area contributed by atoms with Crippen LogP contribution in [0.1, 0.15) is 14.7 Å². The largest absolute Gasteiger partial charge is 0.476 e. The van der Waals surface area contributed by atoms with Crippen LogP contribution >= 0.6 is 11.3 Å². The molecule has 2 rings (SSSR count). The fourth-order valence-corrected chi connectivity index (χ4v) is 2.64. The number of hydrogen-bond donors (Lipinski definition) is 2. The molecule has 1 amide bonds. The summed E-state index contributed by atoms with van der Waals surface area (Å²) in [6, 6.07) is -1.78. The molecule has 20 heavy (non-hydrogen) atoms. The highest BCUT2D eigenvalue weighted by molar-refractivity contribution is 7.13. The maximum absolute atomic E-state index is 12.9. The Bertz CT molecular complexity index is 531. The predicted molar refractivity (Wildman–Crippen MR) is 62.3 cm³/mol. The van der Waals surface area contributed by atoms with Crippen molar-refractivity contribution < 1.29 is 27.9 Å². The van der Waals surface area contributed by atoms with Gasteiger partial charge >= 0.3 is 12.1 Å². The van der Waals surface area contributed by atoms with Gasteiger partial charge in [-0.2, -0.15) is 13.2 Å². The Labute approximate surface area is 115 Å². The Balaban J connectivity index is 2.14. The second-order valence-electron chi connectivity index (χ2n) is 4.20. The molecule has 0 spiro atoms. The number of nitrogens with one attached hydrogen (secondary N) is 1. The van der Waals surface area contributed by atoms with Crippen LogP contribution in [0, 0.1) is 0 Å². The number of carbonyl (C=O) groups is 2. The van der Waals surface area contributed by atoms with E-state index in [1.54, 1.807) is 0 Å². The van der Waals surface area contributed by atoms with Gasteiger partial charge in [-0.1, -0.05) is 0 Å². The van der Waals surface area contributed by atoms with Crippen LogP contribution in [0.15, 0.2) is 6.20 Å². The first-order chi connectivity index (χ1) is 9.27. The average molecular weight is 309 g/mol. The third kappa shape index (κ3) is 3.25. The van der Waals surface area contributed by atoms with Crippen LogP contribution < -0.4 is 5.32 Å². The van der Waals surface area contributed by atoms with Crippen molar-refractivity contribution in [3.63, 3.8) is 0 Å². The lowest BCUT2D eigenvalue weighted by Crippen LogP contribution is -2.59. The Hall–Kier alpha value is -1.68. The number of thiazole rings is 1. The summed E-state index contributed by atoms with van der Waals surface area (Å²) in [6.07, 6.45) is -3.25. The predicted octanol–water partition coefficient (Wildman–Crippen LogP) is 0.704. The summed E-state index contributed by atoms with van der Waals surface area (Å²) < 4.78 is 38.6. The summed E-state index contributed by atoms with van der Waals surface area (Å²) in [6.45, 7) is -1.06. The summed E-state index contributed by atoms with van der Waals surface area (Å²) in [5, 5.41) is 10.7. The van der Waals surface area contributed by atoms with E-state index in [0.29, 0.717) is 4.88 Å². The van der Waals surface area contributed by atoms with Crippen molar-refractivity contribution in [2.75, 3.05) is 13.1 Å². The molecule has 1 unspecified atom stereocenters. The van der Waals surface area contributed by atoms with E-state index in [-0.39, 0.29) is 18.1 Å². The number of amides is 1. The Morgan fingerprint density at radius 1 is 1.60 bits per heavy atom. The zero-order valence-corrected chi connectivity index (χ0v) is 10.8. The highest BCUT2D eigenvalue weighted by Crippen LogP contribution is 2.28. The van der Waals surface area contributed by atoms with Gasteiger partial charge in [0.25, 0.3) is 0 Å². The van der Waals surface area contributed by atoms with Gasteiger partial charge in [0.2, 0.25) is 10.9 Å². The van der Waals surface area contributed by atoms with Gasteiger partial charge in [0.1, 0.15) is 6.04 Å². The number of carboxylic acid groups (broad SMARTS) is 1. The van der Waals surface area contributed by atoms with Crippen LogP contribution in [-0.4, -0.2) is 52.2 Å². The van der Waals surface area contributed by atoms with E-state index < -0.39 is 30.6 Å². The molecule has 1 aliphatic heterocycles. The van der Waals surface area contributed by atoms with Crippen molar-refractivity contribution in [3.05, 3.63) is 16.1 Å². The molecule has 0 radical (unpaired) electrons. The number of carboxylic acids is 1. The van der Waals surface area contributed by atoms with E-state index in [1.165, 1.54) is 6.20 Å². The first-order valence-electron chi connectivity index (χ1n) is 5.53. The zero-order chi connectivity index (χ0) is 14.9.